The van der Waals surface area contributed by atoms with Gasteiger partial charge in [0.2, 0.25) is 17.5 Å². The lowest BCUT2D eigenvalue weighted by atomic mass is 10.0. The highest BCUT2D eigenvalue weighted by Gasteiger charge is 2.53. The van der Waals surface area contributed by atoms with Gasteiger partial charge in [0.1, 0.15) is 17.1 Å². The Bertz CT molecular complexity index is 1460. The Kier molecular flexibility index (Phi) is 10.4. The molecular formula is C25H28Cl2N7O4S3+. The molecular weight excluding hydrogens is 629 g/mol. The van der Waals surface area contributed by atoms with Gasteiger partial charge < -0.3 is 27.2 Å². The monoisotopic (exact) mass is 656 g/mol. The van der Waals surface area contributed by atoms with E-state index in [2.05, 4.69) is 15.6 Å². The molecule has 11 nitrogen and oxygen atoms in total. The first-order chi connectivity index (χ1) is 19.5. The average molecular weight is 658 g/mol. The number of carbonyl (C=O) groups is 3. The van der Waals surface area contributed by atoms with Crippen molar-refractivity contribution in [2.75, 3.05) is 35.8 Å². The van der Waals surface area contributed by atoms with Gasteiger partial charge in [0.25, 0.3) is 5.91 Å². The van der Waals surface area contributed by atoms with Gasteiger partial charge in [-0.05, 0) is 42.6 Å². The third-order valence-electron chi connectivity index (χ3n) is 6.23. The quantitative estimate of drug-likeness (QED) is 0.104. The average Bonchev–Trinajstić information content (AvgIpc) is 2.94. The van der Waals surface area contributed by atoms with Crippen LogP contribution in [0.3, 0.4) is 0 Å². The maximum absolute atomic E-state index is 12.9. The van der Waals surface area contributed by atoms with E-state index in [1.807, 2.05) is 0 Å². The van der Waals surface area contributed by atoms with Gasteiger partial charge in [0, 0.05) is 28.0 Å². The van der Waals surface area contributed by atoms with Crippen LogP contribution in [0.1, 0.15) is 5.56 Å². The number of aromatic nitrogens is 2. The molecule has 16 heteroatoms. The smallest absolute Gasteiger partial charge is 0.352 e. The number of β-lactam (4-membered cyclic amide) rings is 1. The molecule has 2 aromatic rings. The molecule has 0 saturated carbocycles. The summed E-state index contributed by atoms with van der Waals surface area (Å²) in [4.78, 5) is 44.0. The van der Waals surface area contributed by atoms with E-state index in [0.717, 1.165) is 5.56 Å². The molecule has 1 fully saturated rings. The van der Waals surface area contributed by atoms with Crippen LogP contribution in [-0.2, 0) is 28.0 Å². The van der Waals surface area contributed by atoms with Gasteiger partial charge in [0.05, 0.1) is 23.4 Å². The number of anilines is 2. The summed E-state index contributed by atoms with van der Waals surface area (Å²) in [5.74, 6) is -0.335. The molecule has 0 unspecified atom stereocenters. The maximum Gasteiger partial charge on any atom is 0.352 e. The summed E-state index contributed by atoms with van der Waals surface area (Å²) >= 11 is 16.1. The number of thioether (sulfide) groups is 3. The number of carboxylic acid groups (broad SMARTS) is 1. The minimum Gasteiger partial charge on any atom is -0.477 e. The van der Waals surface area contributed by atoms with E-state index in [4.69, 9.17) is 34.7 Å². The van der Waals surface area contributed by atoms with Gasteiger partial charge in [-0.1, -0.05) is 40.3 Å². The Morgan fingerprint density at radius 1 is 1.32 bits per heavy atom. The second kappa shape index (κ2) is 13.6. The fraction of sp³-hybridized carbons (Fsp3) is 0.320. The topological polar surface area (TPSA) is 168 Å². The number of fused-ring (bicyclic) bond motifs is 1. The van der Waals surface area contributed by atoms with Crippen molar-refractivity contribution in [2.24, 2.45) is 7.05 Å². The summed E-state index contributed by atoms with van der Waals surface area (Å²) in [6, 6.07) is 4.15. The summed E-state index contributed by atoms with van der Waals surface area (Å²) in [6.07, 6.45) is 3.51. The molecule has 4 rings (SSSR count). The van der Waals surface area contributed by atoms with Crippen LogP contribution >= 0.6 is 58.5 Å². The predicted octanol–water partition coefficient (Wildman–Crippen LogP) is 2.28. The van der Waals surface area contributed by atoms with Gasteiger partial charge in [-0.3, -0.25) is 14.5 Å². The highest BCUT2D eigenvalue weighted by molar-refractivity contribution is 8.00. The summed E-state index contributed by atoms with van der Waals surface area (Å²) in [5.41, 5.74) is 13.4. The van der Waals surface area contributed by atoms with E-state index >= 15 is 0 Å². The number of hydrogen-bond donors (Lipinski definition) is 5. The predicted molar refractivity (Wildman–Crippen MR) is 164 cm³/mol. The molecule has 2 atom stereocenters. The number of amides is 2. The molecule has 1 aromatic heterocycles. The SMILES string of the molecule is CNCc1c(N)nc(SC/C=C/C2=C(C(=O)O)N3C(=O)[C@@H](NC(=O)CSc4cc(Cl)ccc4Cl)[C@H]3SC2)[n+](C)c1N. The molecule has 0 aliphatic carbocycles. The summed E-state index contributed by atoms with van der Waals surface area (Å²) in [6.45, 7) is 0.491. The Balaban J connectivity index is 1.38. The highest BCUT2D eigenvalue weighted by Crippen LogP contribution is 2.41. The minimum absolute atomic E-state index is 0.0245. The van der Waals surface area contributed by atoms with Crippen molar-refractivity contribution in [3.63, 3.8) is 0 Å². The highest BCUT2D eigenvalue weighted by atomic mass is 35.5. The van der Waals surface area contributed by atoms with E-state index in [1.165, 1.54) is 40.2 Å². The number of benzene rings is 1. The Hall–Kier alpha value is -2.62. The zero-order chi connectivity index (χ0) is 29.8. The molecule has 3 heterocycles. The third-order valence-corrected chi connectivity index (χ3v) is 10.2. The van der Waals surface area contributed by atoms with Crippen molar-refractivity contribution in [3.8, 4) is 0 Å². The van der Waals surface area contributed by atoms with Crippen LogP contribution in [0.5, 0.6) is 0 Å². The number of nitrogens with zero attached hydrogens (tertiary/aromatic N) is 3. The lowest BCUT2D eigenvalue weighted by Crippen LogP contribution is -2.70. The standard InChI is InChI=1S/C25H27Cl2N7O4S3/c1-30-9-14-20(28)32-25(33(2)21(14)29)39-7-3-4-12-10-41-23-18(22(36)34(23)19(12)24(37)38)31-17(35)11-40-16-8-13(26)5-6-15(16)27/h3-6,8,18,23,30H,7,9-11H2,1-2H3,(H5,28,29,31,35,37,38)/p+1/b4-3+/t18-,23-/m1/s1. The second-order valence-corrected chi connectivity index (χ2v) is 12.9. The van der Waals surface area contributed by atoms with Crippen molar-refractivity contribution in [2.45, 2.75) is 28.0 Å². The summed E-state index contributed by atoms with van der Waals surface area (Å²) in [5, 5.41) is 16.7. The fourth-order valence-electron chi connectivity index (χ4n) is 4.20. The van der Waals surface area contributed by atoms with Gasteiger partial charge >= 0.3 is 11.1 Å². The molecule has 0 bridgehead atoms. The van der Waals surface area contributed by atoms with Crippen LogP contribution in [0, 0.1) is 0 Å². The van der Waals surface area contributed by atoms with E-state index in [9.17, 15) is 19.5 Å². The molecule has 0 spiro atoms. The zero-order valence-corrected chi connectivity index (χ0v) is 26.0. The summed E-state index contributed by atoms with van der Waals surface area (Å²) < 4.78 is 1.75. The minimum atomic E-state index is -1.21. The van der Waals surface area contributed by atoms with Gasteiger partial charge in [-0.15, -0.1) is 23.5 Å². The number of nitrogens with one attached hydrogen (secondary N) is 2. The number of rotatable bonds is 11. The van der Waals surface area contributed by atoms with Gasteiger partial charge in [-0.25, -0.2) is 9.36 Å². The van der Waals surface area contributed by atoms with Crippen molar-refractivity contribution < 1.29 is 24.1 Å². The lowest BCUT2D eigenvalue weighted by molar-refractivity contribution is -0.699. The molecule has 0 radical (unpaired) electrons. The molecule has 218 valence electrons. The second-order valence-electron chi connectivity index (χ2n) is 8.94. The normalized spacial score (nSPS) is 18.4. The van der Waals surface area contributed by atoms with E-state index in [1.54, 1.807) is 49.0 Å². The van der Waals surface area contributed by atoms with Crippen molar-refractivity contribution in [1.82, 2.24) is 20.5 Å². The van der Waals surface area contributed by atoms with E-state index in [0.29, 0.717) is 55.4 Å². The molecule has 41 heavy (non-hydrogen) atoms. The van der Waals surface area contributed by atoms with Crippen LogP contribution in [0.25, 0.3) is 0 Å². The third kappa shape index (κ3) is 6.89. The van der Waals surface area contributed by atoms with Crippen LogP contribution in [-0.4, -0.2) is 68.5 Å². The Morgan fingerprint density at radius 3 is 2.78 bits per heavy atom. The van der Waals surface area contributed by atoms with E-state index in [-0.39, 0.29) is 17.4 Å². The van der Waals surface area contributed by atoms with E-state index < -0.39 is 23.3 Å². The number of nitrogen functional groups attached to an aromatic ring is 2. The van der Waals surface area contributed by atoms with Gasteiger partial charge in [0.15, 0.2) is 0 Å². The fourth-order valence-corrected chi connectivity index (χ4v) is 7.62. The number of carbonyl (C=O) groups excluding carboxylic acids is 2. The van der Waals surface area contributed by atoms with Crippen LogP contribution in [0.2, 0.25) is 10.0 Å². The first-order valence-corrected chi connectivity index (χ1v) is 16.0. The molecule has 7 N–H and O–H groups in total. The van der Waals surface area contributed by atoms with Gasteiger partial charge in [-0.2, -0.15) is 0 Å². The first-order valence-electron chi connectivity index (χ1n) is 12.2. The zero-order valence-electron chi connectivity index (χ0n) is 22.0. The molecule has 2 aliphatic heterocycles. The van der Waals surface area contributed by atoms with Crippen LogP contribution < -0.4 is 26.7 Å². The molecule has 2 amide bonds. The maximum atomic E-state index is 12.9. The van der Waals surface area contributed by atoms with Crippen molar-refractivity contribution in [3.05, 3.63) is 57.2 Å². The number of aliphatic carboxylic acids is 1. The van der Waals surface area contributed by atoms with Crippen LogP contribution in [0.4, 0.5) is 11.6 Å². The molecule has 1 aromatic carbocycles. The largest absolute Gasteiger partial charge is 0.477 e. The molecule has 1 saturated heterocycles. The first kappa shape index (κ1) is 31.3. The Labute approximate surface area is 259 Å². The van der Waals surface area contributed by atoms with Crippen LogP contribution in [0.15, 0.2) is 51.7 Å². The summed E-state index contributed by atoms with van der Waals surface area (Å²) in [7, 11) is 3.59. The van der Waals surface area contributed by atoms with Crippen molar-refractivity contribution in [1.29, 1.82) is 0 Å². The molecule has 2 aliphatic rings. The van der Waals surface area contributed by atoms with Crippen molar-refractivity contribution >= 4 is 87.9 Å². The Morgan fingerprint density at radius 2 is 2.07 bits per heavy atom. The number of hydrogen-bond acceptors (Lipinski definition) is 10. The lowest BCUT2D eigenvalue weighted by Gasteiger charge is -2.49. The number of carboxylic acids is 1. The number of halogens is 2. The number of nitrogens with two attached hydrogens (primary N) is 2. The number of allylic oxidation sites excluding steroid dienone is 1.